The van der Waals surface area contributed by atoms with Gasteiger partial charge < -0.3 is 5.32 Å². The molecule has 1 radical (unpaired) electrons. The Morgan fingerprint density at radius 3 is 3.07 bits per heavy atom. The molecule has 0 atom stereocenters. The molecule has 0 aliphatic rings. The summed E-state index contributed by atoms with van der Waals surface area (Å²) in [5.74, 6) is -0.502. The van der Waals surface area contributed by atoms with E-state index in [0.717, 1.165) is 6.20 Å². The van der Waals surface area contributed by atoms with Crippen LogP contribution >= 0.6 is 11.6 Å². The van der Waals surface area contributed by atoms with Crippen LogP contribution in [0.5, 0.6) is 0 Å². The molecule has 0 spiro atoms. The molecule has 1 aromatic heterocycles. The van der Waals surface area contributed by atoms with E-state index < -0.39 is 5.82 Å². The summed E-state index contributed by atoms with van der Waals surface area (Å²) in [5.41, 5.74) is 0.686. The first-order valence-electron chi connectivity index (χ1n) is 4.17. The van der Waals surface area contributed by atoms with Crippen LogP contribution in [0.1, 0.15) is 0 Å². The lowest BCUT2D eigenvalue weighted by atomic mass is 10.3. The molecule has 1 heterocycles. The van der Waals surface area contributed by atoms with Crippen molar-refractivity contribution in [2.45, 2.75) is 0 Å². The van der Waals surface area contributed by atoms with E-state index in [1.54, 1.807) is 24.3 Å². The largest absolute Gasteiger partial charge is 0.338 e. The van der Waals surface area contributed by atoms with Crippen molar-refractivity contribution in [2.75, 3.05) is 5.32 Å². The highest BCUT2D eigenvalue weighted by Gasteiger charge is 2.05. The Balaban J connectivity index is 2.28. The standard InChI is InChI=1S/C10H6ClFN3/c11-10-13-6-8(12)9(15-10)14-7-4-2-1-3-5-7/h1-2,4-6H,(H,13,14,15). The minimum Gasteiger partial charge on any atom is -0.338 e. The summed E-state index contributed by atoms with van der Waals surface area (Å²) in [5, 5.41) is 2.77. The lowest BCUT2D eigenvalue weighted by Crippen LogP contribution is -1.98. The Labute approximate surface area is 90.9 Å². The van der Waals surface area contributed by atoms with E-state index in [0.29, 0.717) is 5.69 Å². The number of halogens is 2. The number of aromatic nitrogens is 2. The number of nitrogens with zero attached hydrogens (tertiary/aromatic N) is 2. The van der Waals surface area contributed by atoms with Crippen LogP contribution in [-0.4, -0.2) is 9.97 Å². The third-order valence-electron chi connectivity index (χ3n) is 1.68. The molecule has 1 aromatic carbocycles. The zero-order valence-corrected chi connectivity index (χ0v) is 8.29. The summed E-state index contributed by atoms with van der Waals surface area (Å²) >= 11 is 5.55. The van der Waals surface area contributed by atoms with Gasteiger partial charge in [0.1, 0.15) is 0 Å². The van der Waals surface area contributed by atoms with E-state index in [4.69, 9.17) is 11.6 Å². The van der Waals surface area contributed by atoms with E-state index >= 15 is 0 Å². The summed E-state index contributed by atoms with van der Waals surface area (Å²) in [7, 11) is 0. The highest BCUT2D eigenvalue weighted by atomic mass is 35.5. The average molecular weight is 223 g/mol. The van der Waals surface area contributed by atoms with E-state index in [1.165, 1.54) is 0 Å². The Bertz CT molecular complexity index is 461. The predicted octanol–water partition coefficient (Wildman–Crippen LogP) is 2.81. The first-order chi connectivity index (χ1) is 7.25. The monoisotopic (exact) mass is 222 g/mol. The van der Waals surface area contributed by atoms with Crippen LogP contribution < -0.4 is 5.32 Å². The molecule has 0 bridgehead atoms. The van der Waals surface area contributed by atoms with Crippen molar-refractivity contribution in [3.8, 4) is 0 Å². The van der Waals surface area contributed by atoms with Gasteiger partial charge in [-0.05, 0) is 29.8 Å². The van der Waals surface area contributed by atoms with Crippen molar-refractivity contribution in [1.82, 2.24) is 9.97 Å². The number of anilines is 2. The van der Waals surface area contributed by atoms with Gasteiger partial charge in [0.2, 0.25) is 5.28 Å². The van der Waals surface area contributed by atoms with E-state index in [-0.39, 0.29) is 11.1 Å². The molecule has 0 saturated heterocycles. The normalized spacial score (nSPS) is 10.0. The van der Waals surface area contributed by atoms with Crippen molar-refractivity contribution >= 4 is 23.1 Å². The first-order valence-corrected chi connectivity index (χ1v) is 4.54. The van der Waals surface area contributed by atoms with Crippen LogP contribution in [0.2, 0.25) is 5.28 Å². The SMILES string of the molecule is Fc1cnc(Cl)nc1Nc1c[c]ccc1. The van der Waals surface area contributed by atoms with Gasteiger partial charge in [0, 0.05) is 5.69 Å². The van der Waals surface area contributed by atoms with E-state index in [1.807, 2.05) is 0 Å². The third-order valence-corrected chi connectivity index (χ3v) is 1.87. The topological polar surface area (TPSA) is 37.8 Å². The highest BCUT2D eigenvalue weighted by molar-refractivity contribution is 6.28. The van der Waals surface area contributed by atoms with Gasteiger partial charge in [0.25, 0.3) is 0 Å². The molecule has 0 fully saturated rings. The zero-order chi connectivity index (χ0) is 10.7. The van der Waals surface area contributed by atoms with Gasteiger partial charge in [-0.2, -0.15) is 4.98 Å². The third kappa shape index (κ3) is 2.41. The Kier molecular flexibility index (Phi) is 2.78. The fourth-order valence-electron chi connectivity index (χ4n) is 1.04. The number of nitrogens with one attached hydrogen (secondary N) is 1. The summed E-state index contributed by atoms with van der Waals surface area (Å²) in [6.45, 7) is 0. The molecule has 0 amide bonds. The molecule has 2 rings (SSSR count). The van der Waals surface area contributed by atoms with Gasteiger partial charge in [-0.25, -0.2) is 9.37 Å². The number of rotatable bonds is 2. The fourth-order valence-corrected chi connectivity index (χ4v) is 1.17. The van der Waals surface area contributed by atoms with Crippen LogP contribution in [-0.2, 0) is 0 Å². The van der Waals surface area contributed by atoms with Gasteiger partial charge in [-0.3, -0.25) is 0 Å². The summed E-state index contributed by atoms with van der Waals surface area (Å²) in [6.07, 6.45) is 1.02. The second-order valence-electron chi connectivity index (χ2n) is 2.75. The Hall–Kier alpha value is -1.68. The zero-order valence-electron chi connectivity index (χ0n) is 7.54. The van der Waals surface area contributed by atoms with Gasteiger partial charge in [0.15, 0.2) is 11.6 Å². The van der Waals surface area contributed by atoms with Crippen LogP contribution in [0.3, 0.4) is 0 Å². The summed E-state index contributed by atoms with van der Waals surface area (Å²) in [4.78, 5) is 7.23. The molecule has 5 heteroatoms. The minimum absolute atomic E-state index is 0.00110. The van der Waals surface area contributed by atoms with Crippen LogP contribution in [0, 0.1) is 11.9 Å². The van der Waals surface area contributed by atoms with E-state index in [9.17, 15) is 4.39 Å². The van der Waals surface area contributed by atoms with Crippen molar-refractivity contribution < 1.29 is 4.39 Å². The molecule has 0 unspecified atom stereocenters. The first kappa shape index (κ1) is 9.86. The molecular formula is C10H6ClFN3. The Morgan fingerprint density at radius 2 is 2.33 bits per heavy atom. The molecule has 1 N–H and O–H groups in total. The van der Waals surface area contributed by atoms with Crippen molar-refractivity contribution in [3.63, 3.8) is 0 Å². The maximum atomic E-state index is 13.2. The fraction of sp³-hybridized carbons (Fsp3) is 0. The molecule has 2 aromatic rings. The van der Waals surface area contributed by atoms with Crippen LogP contribution in [0.25, 0.3) is 0 Å². The molecule has 0 saturated carbocycles. The lowest BCUT2D eigenvalue weighted by Gasteiger charge is -2.05. The highest BCUT2D eigenvalue weighted by Crippen LogP contribution is 2.17. The van der Waals surface area contributed by atoms with Crippen LogP contribution in [0.4, 0.5) is 15.9 Å². The molecule has 75 valence electrons. The second kappa shape index (κ2) is 4.23. The Morgan fingerprint density at radius 1 is 1.47 bits per heavy atom. The summed E-state index contributed by atoms with van der Waals surface area (Å²) < 4.78 is 13.2. The van der Waals surface area contributed by atoms with E-state index in [2.05, 4.69) is 21.4 Å². The second-order valence-corrected chi connectivity index (χ2v) is 3.09. The molecule has 0 aliphatic carbocycles. The summed E-state index contributed by atoms with van der Waals surface area (Å²) in [6, 6.07) is 9.83. The molecule has 15 heavy (non-hydrogen) atoms. The van der Waals surface area contributed by atoms with Crippen molar-refractivity contribution in [1.29, 1.82) is 0 Å². The van der Waals surface area contributed by atoms with Gasteiger partial charge in [-0.15, -0.1) is 0 Å². The molecule has 0 aliphatic heterocycles. The number of hydrogen-bond acceptors (Lipinski definition) is 3. The minimum atomic E-state index is -0.553. The number of benzene rings is 1. The average Bonchev–Trinajstić information content (AvgIpc) is 2.25. The van der Waals surface area contributed by atoms with Gasteiger partial charge >= 0.3 is 0 Å². The quantitative estimate of drug-likeness (QED) is 0.794. The molecular weight excluding hydrogens is 217 g/mol. The smallest absolute Gasteiger partial charge is 0.224 e. The number of hydrogen-bond donors (Lipinski definition) is 1. The van der Waals surface area contributed by atoms with Gasteiger partial charge in [0.05, 0.1) is 6.20 Å². The lowest BCUT2D eigenvalue weighted by molar-refractivity contribution is 0.619. The molecule has 3 nitrogen and oxygen atoms in total. The van der Waals surface area contributed by atoms with Crippen LogP contribution in [0.15, 0.2) is 30.5 Å². The van der Waals surface area contributed by atoms with Crippen molar-refractivity contribution in [2.24, 2.45) is 0 Å². The maximum absolute atomic E-state index is 13.2. The maximum Gasteiger partial charge on any atom is 0.224 e. The van der Waals surface area contributed by atoms with Crippen molar-refractivity contribution in [3.05, 3.63) is 47.6 Å². The van der Waals surface area contributed by atoms with Gasteiger partial charge in [-0.1, -0.05) is 12.1 Å². The predicted molar refractivity (Wildman–Crippen MR) is 55.6 cm³/mol.